The van der Waals surface area contributed by atoms with E-state index in [1.54, 1.807) is 0 Å². The lowest BCUT2D eigenvalue weighted by Gasteiger charge is -2.14. The summed E-state index contributed by atoms with van der Waals surface area (Å²) in [5.41, 5.74) is 4.39. The number of ether oxygens (including phenoxy) is 1. The van der Waals surface area contributed by atoms with E-state index in [0.29, 0.717) is 13.2 Å². The predicted molar refractivity (Wildman–Crippen MR) is 105 cm³/mol. The van der Waals surface area contributed by atoms with Crippen LogP contribution in [0.2, 0.25) is 0 Å². The molecule has 1 aliphatic heterocycles. The molecule has 0 aliphatic carbocycles. The molecule has 0 amide bonds. The maximum absolute atomic E-state index is 8.91. The van der Waals surface area contributed by atoms with Gasteiger partial charge in [0.2, 0.25) is 0 Å². The van der Waals surface area contributed by atoms with Crippen molar-refractivity contribution in [2.24, 2.45) is 0 Å². The second kappa shape index (κ2) is 7.73. The summed E-state index contributed by atoms with van der Waals surface area (Å²) in [6.07, 6.45) is 2.00. The van der Waals surface area contributed by atoms with E-state index in [0.717, 1.165) is 53.2 Å². The first-order valence-corrected chi connectivity index (χ1v) is 9.98. The Hall–Kier alpha value is -1.96. The fourth-order valence-corrected chi connectivity index (χ4v) is 4.39. The lowest BCUT2D eigenvalue weighted by molar-refractivity contribution is 0.207. The van der Waals surface area contributed by atoms with Gasteiger partial charge in [0.15, 0.2) is 0 Å². The minimum Gasteiger partial charge on any atom is -0.493 e. The van der Waals surface area contributed by atoms with E-state index in [4.69, 9.17) is 9.84 Å². The Morgan fingerprint density at radius 2 is 2.23 bits per heavy atom. The van der Waals surface area contributed by atoms with Crippen LogP contribution in [0.1, 0.15) is 12.1 Å². The minimum atomic E-state index is 0.195. The summed E-state index contributed by atoms with van der Waals surface area (Å²) in [6.45, 7) is 2.48. The molecule has 0 saturated carbocycles. The van der Waals surface area contributed by atoms with Gasteiger partial charge in [0.05, 0.1) is 29.5 Å². The van der Waals surface area contributed by atoms with Crippen molar-refractivity contribution in [3.63, 3.8) is 0 Å². The maximum Gasteiger partial charge on any atom is 0.122 e. The van der Waals surface area contributed by atoms with Crippen molar-refractivity contribution in [1.82, 2.24) is 20.1 Å². The molecule has 3 N–H and O–H groups in total. The third kappa shape index (κ3) is 3.60. The fourth-order valence-electron chi connectivity index (χ4n) is 3.26. The summed E-state index contributed by atoms with van der Waals surface area (Å²) >= 11 is 1.87. The number of thioether (sulfide) groups is 1. The number of fused-ring (bicyclic) bond motifs is 2. The van der Waals surface area contributed by atoms with Crippen LogP contribution in [0.25, 0.3) is 22.3 Å². The van der Waals surface area contributed by atoms with Crippen LogP contribution in [-0.4, -0.2) is 64.3 Å². The quantitative estimate of drug-likeness (QED) is 0.530. The summed E-state index contributed by atoms with van der Waals surface area (Å²) in [7, 11) is 2.01. The number of nitrogens with one attached hydrogen (secondary N) is 2. The number of nitrogens with zero attached hydrogens (tertiary/aromatic N) is 2. The Balaban J connectivity index is 1.43. The van der Waals surface area contributed by atoms with E-state index < -0.39 is 0 Å². The third-order valence-electron chi connectivity index (χ3n) is 4.67. The highest BCUT2D eigenvalue weighted by Gasteiger charge is 2.21. The molecule has 7 heteroatoms. The van der Waals surface area contributed by atoms with Gasteiger partial charge in [-0.2, -0.15) is 5.10 Å². The number of likely N-dealkylation sites (N-methyl/N-ethyl adjacent to an activating group) is 1. The molecule has 0 atom stereocenters. The fraction of sp³-hybridized carbons (Fsp3) is 0.421. The van der Waals surface area contributed by atoms with Gasteiger partial charge in [-0.3, -0.25) is 5.10 Å². The molecule has 26 heavy (non-hydrogen) atoms. The molecule has 0 radical (unpaired) electrons. The van der Waals surface area contributed by atoms with E-state index >= 15 is 0 Å². The normalized spacial score (nSPS) is 13.7. The molecule has 0 spiro atoms. The van der Waals surface area contributed by atoms with Crippen LogP contribution in [0.3, 0.4) is 0 Å². The Morgan fingerprint density at radius 3 is 3.12 bits per heavy atom. The van der Waals surface area contributed by atoms with Crippen molar-refractivity contribution < 1.29 is 9.84 Å². The van der Waals surface area contributed by atoms with Crippen molar-refractivity contribution in [3.05, 3.63) is 30.0 Å². The summed E-state index contributed by atoms with van der Waals surface area (Å²) in [5, 5.41) is 17.7. The zero-order valence-corrected chi connectivity index (χ0v) is 15.7. The molecule has 0 fully saturated rings. The first kappa shape index (κ1) is 17.5. The van der Waals surface area contributed by atoms with E-state index in [1.165, 1.54) is 10.6 Å². The highest BCUT2D eigenvalue weighted by atomic mass is 32.2. The molecular weight excluding hydrogens is 348 g/mol. The first-order valence-electron chi connectivity index (χ1n) is 9.00. The zero-order chi connectivity index (χ0) is 17.9. The van der Waals surface area contributed by atoms with Crippen LogP contribution in [0, 0.1) is 0 Å². The Morgan fingerprint density at radius 1 is 1.31 bits per heavy atom. The molecule has 2 aromatic heterocycles. The van der Waals surface area contributed by atoms with Gasteiger partial charge in [0, 0.05) is 35.8 Å². The summed E-state index contributed by atoms with van der Waals surface area (Å²) < 4.78 is 5.88. The van der Waals surface area contributed by atoms with Crippen molar-refractivity contribution in [3.8, 4) is 17.1 Å². The summed E-state index contributed by atoms with van der Waals surface area (Å²) in [5.74, 6) is 2.00. The first-order chi connectivity index (χ1) is 12.7. The zero-order valence-electron chi connectivity index (χ0n) is 14.9. The van der Waals surface area contributed by atoms with E-state index in [9.17, 15) is 0 Å². The van der Waals surface area contributed by atoms with Crippen LogP contribution >= 0.6 is 11.8 Å². The lowest BCUT2D eigenvalue weighted by Crippen LogP contribution is -2.24. The number of rotatable bonds is 8. The molecule has 0 saturated heterocycles. The third-order valence-corrected chi connectivity index (χ3v) is 5.81. The number of H-pyrrole nitrogens is 2. The van der Waals surface area contributed by atoms with Gasteiger partial charge in [-0.15, -0.1) is 11.8 Å². The van der Waals surface area contributed by atoms with Gasteiger partial charge >= 0.3 is 0 Å². The van der Waals surface area contributed by atoms with Crippen molar-refractivity contribution in [2.75, 3.05) is 39.1 Å². The van der Waals surface area contributed by atoms with Crippen LogP contribution in [0.4, 0.5) is 0 Å². The minimum absolute atomic E-state index is 0.195. The van der Waals surface area contributed by atoms with Gasteiger partial charge in [0.1, 0.15) is 11.4 Å². The number of benzene rings is 1. The highest BCUT2D eigenvalue weighted by Crippen LogP contribution is 2.38. The van der Waals surface area contributed by atoms with Crippen LogP contribution in [0.5, 0.6) is 5.75 Å². The lowest BCUT2D eigenvalue weighted by atomic mass is 10.2. The van der Waals surface area contributed by atoms with Crippen molar-refractivity contribution in [2.45, 2.75) is 17.7 Å². The van der Waals surface area contributed by atoms with Gasteiger partial charge in [0.25, 0.3) is 0 Å². The second-order valence-corrected chi connectivity index (χ2v) is 7.74. The number of hydrogen-bond acceptors (Lipinski definition) is 5. The van der Waals surface area contributed by atoms with E-state index in [-0.39, 0.29) is 6.61 Å². The van der Waals surface area contributed by atoms with Gasteiger partial charge in [-0.25, -0.2) is 0 Å². The average Bonchev–Trinajstić information content (AvgIpc) is 3.33. The molecule has 4 rings (SSSR count). The Kier molecular flexibility index (Phi) is 5.19. The van der Waals surface area contributed by atoms with Crippen LogP contribution < -0.4 is 4.74 Å². The van der Waals surface area contributed by atoms with Gasteiger partial charge in [-0.05, 0) is 38.1 Å². The van der Waals surface area contributed by atoms with Crippen LogP contribution in [0.15, 0.2) is 29.2 Å². The molecule has 1 aliphatic rings. The van der Waals surface area contributed by atoms with E-state index in [2.05, 4.69) is 38.3 Å². The summed E-state index contributed by atoms with van der Waals surface area (Å²) in [4.78, 5) is 6.86. The molecule has 138 valence electrons. The Labute approximate surface area is 156 Å². The summed E-state index contributed by atoms with van der Waals surface area (Å²) in [6, 6.07) is 8.30. The number of hydrogen-bond donors (Lipinski definition) is 3. The SMILES string of the molecule is CN(CCO)CCCOc1ccc2cc(-c3n[nH]c4c3SCC4)[nH]c2c1. The molecule has 0 bridgehead atoms. The largest absolute Gasteiger partial charge is 0.493 e. The van der Waals surface area contributed by atoms with Crippen LogP contribution in [-0.2, 0) is 6.42 Å². The standard InChI is InChI=1S/C19H24N4O2S/c1-23(7-8-24)6-2-9-25-14-4-3-13-11-17(20-16(13)12-14)18-19-15(21-22-18)5-10-26-19/h3-4,11-12,20,24H,2,5-10H2,1H3,(H,21,22). The number of aromatic amines is 2. The maximum atomic E-state index is 8.91. The number of aliphatic hydroxyl groups is 1. The molecule has 1 aromatic carbocycles. The second-order valence-electron chi connectivity index (χ2n) is 6.64. The van der Waals surface area contributed by atoms with Gasteiger partial charge in [-0.1, -0.05) is 0 Å². The molecule has 3 heterocycles. The average molecular weight is 372 g/mol. The highest BCUT2D eigenvalue weighted by molar-refractivity contribution is 7.99. The van der Waals surface area contributed by atoms with Gasteiger partial charge < -0.3 is 19.7 Å². The number of aliphatic hydroxyl groups excluding tert-OH is 1. The molecule has 0 unspecified atom stereocenters. The number of aryl methyl sites for hydroxylation is 1. The predicted octanol–water partition coefficient (Wildman–Crippen LogP) is 2.90. The van der Waals surface area contributed by atoms with Crippen molar-refractivity contribution in [1.29, 1.82) is 0 Å². The smallest absolute Gasteiger partial charge is 0.122 e. The topological polar surface area (TPSA) is 77.2 Å². The monoisotopic (exact) mass is 372 g/mol. The van der Waals surface area contributed by atoms with Crippen molar-refractivity contribution >= 4 is 22.7 Å². The van der Waals surface area contributed by atoms with E-state index in [1.807, 2.05) is 24.9 Å². The number of aromatic nitrogens is 3. The molecular formula is C19H24N4O2S. The Bertz CT molecular complexity index is 889. The molecule has 6 nitrogen and oxygen atoms in total. The molecule has 3 aromatic rings.